The minimum Gasteiger partial charge on any atom is -0.478 e. The van der Waals surface area contributed by atoms with Crippen LogP contribution in [0.4, 0.5) is 17.6 Å². The van der Waals surface area contributed by atoms with Gasteiger partial charge in [0.15, 0.2) is 0 Å². The first-order valence-electron chi connectivity index (χ1n) is 6.09. The summed E-state index contributed by atoms with van der Waals surface area (Å²) < 4.78 is 50.7. The largest absolute Gasteiger partial charge is 0.478 e. The van der Waals surface area contributed by atoms with Gasteiger partial charge in [-0.2, -0.15) is 13.2 Å². The van der Waals surface area contributed by atoms with Crippen molar-refractivity contribution < 1.29 is 27.5 Å². The normalized spacial score (nSPS) is 15.7. The zero-order valence-corrected chi connectivity index (χ0v) is 10.5. The number of carboxylic acids is 1. The number of nitrogens with zero attached hydrogens (tertiary/aromatic N) is 1. The molecule has 0 aliphatic heterocycles. The highest BCUT2D eigenvalue weighted by Gasteiger charge is 2.38. The number of carboxylic acid groups (broad SMARTS) is 1. The second kappa shape index (κ2) is 5.40. The molecule has 1 aromatic carbocycles. The van der Waals surface area contributed by atoms with E-state index in [2.05, 4.69) is 0 Å². The Morgan fingerprint density at radius 1 is 1.35 bits per heavy atom. The number of hydrogen-bond acceptors (Lipinski definition) is 2. The lowest BCUT2D eigenvalue weighted by molar-refractivity contribution is -0.148. The number of halogens is 4. The maximum Gasteiger partial charge on any atom is 0.401 e. The summed E-state index contributed by atoms with van der Waals surface area (Å²) in [5, 5.41) is 8.99. The molecule has 1 saturated carbocycles. The van der Waals surface area contributed by atoms with E-state index in [9.17, 15) is 22.4 Å². The van der Waals surface area contributed by atoms with E-state index in [0.717, 1.165) is 23.1 Å². The fourth-order valence-electron chi connectivity index (χ4n) is 2.10. The highest BCUT2D eigenvalue weighted by molar-refractivity contribution is 5.89. The van der Waals surface area contributed by atoms with Gasteiger partial charge < -0.3 is 5.11 Å². The van der Waals surface area contributed by atoms with Gasteiger partial charge in [-0.3, -0.25) is 4.90 Å². The highest BCUT2D eigenvalue weighted by Crippen LogP contribution is 2.32. The molecule has 2 rings (SSSR count). The molecule has 0 saturated heterocycles. The number of benzene rings is 1. The van der Waals surface area contributed by atoms with Crippen LogP contribution >= 0.6 is 0 Å². The van der Waals surface area contributed by atoms with Gasteiger partial charge in [-0.05, 0) is 36.6 Å². The van der Waals surface area contributed by atoms with Crippen molar-refractivity contribution in [2.45, 2.75) is 31.6 Å². The first kappa shape index (κ1) is 14.8. The first-order chi connectivity index (χ1) is 9.26. The average molecular weight is 291 g/mol. The van der Waals surface area contributed by atoms with Crippen molar-refractivity contribution >= 4 is 5.97 Å². The molecule has 0 unspecified atom stereocenters. The van der Waals surface area contributed by atoms with Crippen LogP contribution in [0.25, 0.3) is 0 Å². The second-order valence-electron chi connectivity index (χ2n) is 4.86. The van der Waals surface area contributed by atoms with Crippen molar-refractivity contribution in [2.75, 3.05) is 6.54 Å². The molecule has 0 bridgehead atoms. The van der Waals surface area contributed by atoms with Gasteiger partial charge in [0.05, 0.1) is 12.1 Å². The molecule has 1 fully saturated rings. The Labute approximate surface area is 112 Å². The molecule has 0 heterocycles. The van der Waals surface area contributed by atoms with Crippen molar-refractivity contribution in [3.8, 4) is 0 Å². The highest BCUT2D eigenvalue weighted by atomic mass is 19.4. The number of carbonyl (C=O) groups is 1. The zero-order chi connectivity index (χ0) is 14.9. The number of aromatic carboxylic acids is 1. The van der Waals surface area contributed by atoms with Gasteiger partial charge in [0, 0.05) is 12.6 Å². The van der Waals surface area contributed by atoms with Gasteiger partial charge >= 0.3 is 12.1 Å². The summed E-state index contributed by atoms with van der Waals surface area (Å²) in [5.74, 6) is -1.93. The number of rotatable bonds is 5. The Morgan fingerprint density at radius 2 is 2.00 bits per heavy atom. The Hall–Kier alpha value is -1.63. The molecular formula is C13H13F4NO2. The molecule has 0 atom stereocenters. The fraction of sp³-hybridized carbons (Fsp3) is 0.462. The third kappa shape index (κ3) is 3.93. The van der Waals surface area contributed by atoms with Crippen LogP contribution in [0.3, 0.4) is 0 Å². The third-order valence-corrected chi connectivity index (χ3v) is 3.12. The van der Waals surface area contributed by atoms with E-state index >= 15 is 0 Å². The van der Waals surface area contributed by atoms with Crippen molar-refractivity contribution in [1.82, 2.24) is 4.90 Å². The molecule has 1 aliphatic rings. The molecule has 3 nitrogen and oxygen atoms in total. The van der Waals surface area contributed by atoms with Gasteiger partial charge in [0.1, 0.15) is 5.82 Å². The predicted octanol–water partition coefficient (Wildman–Crippen LogP) is 3.05. The van der Waals surface area contributed by atoms with Crippen molar-refractivity contribution in [2.24, 2.45) is 0 Å². The van der Waals surface area contributed by atoms with Gasteiger partial charge in [0.2, 0.25) is 0 Å². The summed E-state index contributed by atoms with van der Waals surface area (Å²) in [7, 11) is 0. The SMILES string of the molecule is O=C(O)c1ccc(F)cc1CN(CC(F)(F)F)C1CC1. The van der Waals surface area contributed by atoms with Crippen molar-refractivity contribution in [3.63, 3.8) is 0 Å². The Morgan fingerprint density at radius 3 is 2.50 bits per heavy atom. The van der Waals surface area contributed by atoms with Gasteiger partial charge in [-0.1, -0.05) is 0 Å². The zero-order valence-electron chi connectivity index (χ0n) is 10.5. The lowest BCUT2D eigenvalue weighted by atomic mass is 10.1. The summed E-state index contributed by atoms with van der Waals surface area (Å²) in [5.41, 5.74) is -0.104. The Bertz CT molecular complexity index is 512. The van der Waals surface area contributed by atoms with Crippen LogP contribution in [0.15, 0.2) is 18.2 Å². The standard InChI is InChI=1S/C13H13F4NO2/c14-9-1-4-11(12(19)20)8(5-9)6-18(10-2-3-10)7-13(15,16)17/h1,4-5,10H,2-3,6-7H2,(H,19,20). The van der Waals surface area contributed by atoms with E-state index in [1.807, 2.05) is 0 Å². The summed E-state index contributed by atoms with van der Waals surface area (Å²) in [6.07, 6.45) is -3.07. The molecule has 7 heteroatoms. The second-order valence-corrected chi connectivity index (χ2v) is 4.86. The van der Waals surface area contributed by atoms with E-state index < -0.39 is 24.5 Å². The van der Waals surface area contributed by atoms with Crippen LogP contribution < -0.4 is 0 Å². The minimum atomic E-state index is -4.36. The van der Waals surface area contributed by atoms with Gasteiger partial charge in [0.25, 0.3) is 0 Å². The smallest absolute Gasteiger partial charge is 0.401 e. The minimum absolute atomic E-state index is 0.0636. The third-order valence-electron chi connectivity index (χ3n) is 3.12. The van der Waals surface area contributed by atoms with E-state index in [-0.39, 0.29) is 23.7 Å². The van der Waals surface area contributed by atoms with Crippen LogP contribution in [0.2, 0.25) is 0 Å². The summed E-state index contributed by atoms with van der Waals surface area (Å²) in [4.78, 5) is 12.2. The molecule has 1 aliphatic carbocycles. The monoisotopic (exact) mass is 291 g/mol. The molecule has 20 heavy (non-hydrogen) atoms. The molecule has 0 aromatic heterocycles. The Kier molecular flexibility index (Phi) is 3.99. The van der Waals surface area contributed by atoms with Crippen LogP contribution in [0.1, 0.15) is 28.8 Å². The van der Waals surface area contributed by atoms with E-state index in [4.69, 9.17) is 5.11 Å². The van der Waals surface area contributed by atoms with Crippen molar-refractivity contribution in [3.05, 3.63) is 35.1 Å². The summed E-state index contributed by atoms with van der Waals surface area (Å²) >= 11 is 0. The fourth-order valence-corrected chi connectivity index (χ4v) is 2.10. The average Bonchev–Trinajstić information content (AvgIpc) is 3.09. The van der Waals surface area contributed by atoms with Gasteiger partial charge in [-0.25, -0.2) is 9.18 Å². The van der Waals surface area contributed by atoms with E-state index in [0.29, 0.717) is 12.8 Å². The lowest BCUT2D eigenvalue weighted by Crippen LogP contribution is -2.35. The van der Waals surface area contributed by atoms with E-state index in [1.54, 1.807) is 0 Å². The topological polar surface area (TPSA) is 40.5 Å². The van der Waals surface area contributed by atoms with Crippen LogP contribution in [-0.4, -0.2) is 34.7 Å². The first-order valence-corrected chi connectivity index (χ1v) is 6.09. The quantitative estimate of drug-likeness (QED) is 0.848. The van der Waals surface area contributed by atoms with Gasteiger partial charge in [-0.15, -0.1) is 0 Å². The molecule has 0 amide bonds. The van der Waals surface area contributed by atoms with Crippen LogP contribution in [0, 0.1) is 5.82 Å². The predicted molar refractivity (Wildman–Crippen MR) is 62.8 cm³/mol. The van der Waals surface area contributed by atoms with Crippen LogP contribution in [-0.2, 0) is 6.54 Å². The maximum atomic E-state index is 13.2. The molecule has 110 valence electrons. The molecular weight excluding hydrogens is 278 g/mol. The van der Waals surface area contributed by atoms with Crippen LogP contribution in [0.5, 0.6) is 0 Å². The molecule has 0 radical (unpaired) electrons. The Balaban J connectivity index is 2.21. The number of alkyl halides is 3. The molecule has 0 spiro atoms. The van der Waals surface area contributed by atoms with E-state index in [1.165, 1.54) is 0 Å². The lowest BCUT2D eigenvalue weighted by Gasteiger charge is -2.24. The summed E-state index contributed by atoms with van der Waals surface area (Å²) in [6, 6.07) is 2.83. The molecule has 1 aromatic rings. The number of hydrogen-bond donors (Lipinski definition) is 1. The van der Waals surface area contributed by atoms with Crippen molar-refractivity contribution in [1.29, 1.82) is 0 Å². The molecule has 1 N–H and O–H groups in total. The maximum absolute atomic E-state index is 13.2. The summed E-state index contributed by atoms with van der Waals surface area (Å²) in [6.45, 7) is -1.34.